The van der Waals surface area contributed by atoms with Crippen molar-refractivity contribution in [2.45, 2.75) is 33.4 Å². The molecule has 1 atom stereocenters. The third-order valence-electron chi connectivity index (χ3n) is 4.42. The Hall–Kier alpha value is -2.12. The molecule has 0 spiro atoms. The van der Waals surface area contributed by atoms with Crippen LogP contribution < -0.4 is 5.32 Å². The Labute approximate surface area is 147 Å². The second kappa shape index (κ2) is 7.84. The fourth-order valence-electron chi connectivity index (χ4n) is 3.08. The summed E-state index contributed by atoms with van der Waals surface area (Å²) in [6.45, 7) is 10.5. The Morgan fingerprint density at radius 1 is 1.32 bits per heavy atom. The molecule has 0 saturated carbocycles. The minimum Gasteiger partial charge on any atom is -0.467 e. The van der Waals surface area contributed by atoms with Gasteiger partial charge in [-0.1, -0.05) is 0 Å². The quantitative estimate of drug-likeness (QED) is 0.865. The Morgan fingerprint density at radius 3 is 2.76 bits per heavy atom. The van der Waals surface area contributed by atoms with Gasteiger partial charge in [-0.15, -0.1) is 0 Å². The first-order valence-corrected chi connectivity index (χ1v) is 8.71. The van der Waals surface area contributed by atoms with Crippen LogP contribution >= 0.6 is 0 Å². The number of aromatic nitrogens is 2. The lowest BCUT2D eigenvalue weighted by molar-refractivity contribution is 0.0313. The summed E-state index contributed by atoms with van der Waals surface area (Å²) in [5, 5.41) is 7.42. The smallest absolute Gasteiger partial charge is 0.254 e. The van der Waals surface area contributed by atoms with Crippen LogP contribution in [0.25, 0.3) is 0 Å². The highest BCUT2D eigenvalue weighted by Crippen LogP contribution is 2.13. The first-order valence-electron chi connectivity index (χ1n) is 8.71. The van der Waals surface area contributed by atoms with E-state index in [9.17, 15) is 4.79 Å². The Bertz CT molecular complexity index is 716. The number of hydrogen-bond donors (Lipinski definition) is 1. The average molecular weight is 346 g/mol. The molecule has 1 aliphatic rings. The number of carbonyl (C=O) groups excluding carboxylic acids is 1. The first-order chi connectivity index (χ1) is 12.0. The van der Waals surface area contributed by atoms with Crippen molar-refractivity contribution in [3.05, 3.63) is 41.1 Å². The minimum atomic E-state index is -0.120. The van der Waals surface area contributed by atoms with Gasteiger partial charge in [0.05, 0.1) is 37.1 Å². The zero-order chi connectivity index (χ0) is 17.8. The van der Waals surface area contributed by atoms with Gasteiger partial charge < -0.3 is 14.5 Å². The van der Waals surface area contributed by atoms with E-state index in [-0.39, 0.29) is 11.9 Å². The molecule has 3 rings (SSSR count). The van der Waals surface area contributed by atoms with Gasteiger partial charge in [0, 0.05) is 25.3 Å². The lowest BCUT2D eigenvalue weighted by Crippen LogP contribution is -2.35. The molecule has 1 N–H and O–H groups in total. The Morgan fingerprint density at radius 2 is 2.08 bits per heavy atom. The number of morpholine rings is 1. The molecule has 7 nitrogen and oxygen atoms in total. The number of amides is 1. The van der Waals surface area contributed by atoms with Crippen LogP contribution in [-0.4, -0.2) is 53.4 Å². The molecule has 3 heterocycles. The van der Waals surface area contributed by atoms with E-state index >= 15 is 0 Å². The van der Waals surface area contributed by atoms with Crippen LogP contribution in [0.1, 0.15) is 40.5 Å². The van der Waals surface area contributed by atoms with E-state index in [1.54, 1.807) is 0 Å². The average Bonchev–Trinajstić information content (AvgIpc) is 3.19. The van der Waals surface area contributed by atoms with Gasteiger partial charge in [0.2, 0.25) is 0 Å². The molecular weight excluding hydrogens is 320 g/mol. The van der Waals surface area contributed by atoms with Gasteiger partial charge in [-0.2, -0.15) is 5.10 Å². The number of ether oxygens (including phenoxy) is 1. The van der Waals surface area contributed by atoms with Crippen molar-refractivity contribution in [1.29, 1.82) is 0 Å². The van der Waals surface area contributed by atoms with Crippen molar-refractivity contribution in [2.75, 3.05) is 32.8 Å². The van der Waals surface area contributed by atoms with Crippen molar-refractivity contribution in [3.8, 4) is 0 Å². The molecule has 2 aromatic heterocycles. The van der Waals surface area contributed by atoms with Crippen molar-refractivity contribution < 1.29 is 13.9 Å². The van der Waals surface area contributed by atoms with Gasteiger partial charge in [-0.05, 0) is 32.9 Å². The van der Waals surface area contributed by atoms with Crippen LogP contribution in [-0.2, 0) is 11.3 Å². The maximum Gasteiger partial charge on any atom is 0.254 e. The van der Waals surface area contributed by atoms with Crippen LogP contribution in [0, 0.1) is 13.8 Å². The van der Waals surface area contributed by atoms with Crippen molar-refractivity contribution in [1.82, 2.24) is 20.0 Å². The third-order valence-corrected chi connectivity index (χ3v) is 4.42. The number of nitrogens with zero attached hydrogens (tertiary/aromatic N) is 3. The van der Waals surface area contributed by atoms with Crippen LogP contribution in [0.4, 0.5) is 0 Å². The Kier molecular flexibility index (Phi) is 5.55. The molecule has 2 aromatic rings. The molecule has 0 unspecified atom stereocenters. The standard InChI is InChI=1S/C18H26N4O3/c1-13-8-14(2)22(20-13)15(3)10-19-18(23)16-9-17(25-12-16)11-21-4-6-24-7-5-21/h8-9,12,15H,4-7,10-11H2,1-3H3,(H,19,23)/t15-/m1/s1. The van der Waals surface area contributed by atoms with E-state index in [0.717, 1.165) is 43.5 Å². The summed E-state index contributed by atoms with van der Waals surface area (Å²) in [4.78, 5) is 14.6. The molecule has 1 amide bonds. The van der Waals surface area contributed by atoms with Gasteiger partial charge in [-0.25, -0.2) is 0 Å². The van der Waals surface area contributed by atoms with E-state index in [1.165, 1.54) is 6.26 Å². The van der Waals surface area contributed by atoms with E-state index in [2.05, 4.69) is 15.3 Å². The second-order valence-corrected chi connectivity index (χ2v) is 6.62. The van der Waals surface area contributed by atoms with Gasteiger partial charge in [0.25, 0.3) is 5.91 Å². The molecule has 0 aliphatic carbocycles. The monoisotopic (exact) mass is 346 g/mol. The van der Waals surface area contributed by atoms with Crippen LogP contribution in [0.2, 0.25) is 0 Å². The van der Waals surface area contributed by atoms with E-state index in [4.69, 9.17) is 9.15 Å². The maximum absolute atomic E-state index is 12.3. The van der Waals surface area contributed by atoms with Crippen molar-refractivity contribution >= 4 is 5.91 Å². The number of furan rings is 1. The molecule has 0 bridgehead atoms. The molecular formula is C18H26N4O3. The summed E-state index contributed by atoms with van der Waals surface area (Å²) >= 11 is 0. The molecule has 136 valence electrons. The predicted molar refractivity (Wildman–Crippen MR) is 93.5 cm³/mol. The minimum absolute atomic E-state index is 0.0948. The molecule has 1 saturated heterocycles. The largest absolute Gasteiger partial charge is 0.467 e. The number of nitrogens with one attached hydrogen (secondary N) is 1. The summed E-state index contributed by atoms with van der Waals surface area (Å²) in [6.07, 6.45) is 1.53. The summed E-state index contributed by atoms with van der Waals surface area (Å²) in [5.74, 6) is 0.684. The molecule has 1 fully saturated rings. The Balaban J connectivity index is 1.52. The van der Waals surface area contributed by atoms with Gasteiger partial charge >= 0.3 is 0 Å². The summed E-state index contributed by atoms with van der Waals surface area (Å²) in [6, 6.07) is 3.95. The van der Waals surface area contributed by atoms with E-state index < -0.39 is 0 Å². The number of rotatable bonds is 6. The topological polar surface area (TPSA) is 72.5 Å². The number of aryl methyl sites for hydroxylation is 2. The highest BCUT2D eigenvalue weighted by atomic mass is 16.5. The SMILES string of the molecule is Cc1cc(C)n([C@H](C)CNC(=O)c2coc(CN3CCOCC3)c2)n1. The van der Waals surface area contributed by atoms with E-state index in [1.807, 2.05) is 37.6 Å². The van der Waals surface area contributed by atoms with Gasteiger partial charge in [0.1, 0.15) is 12.0 Å². The van der Waals surface area contributed by atoms with Gasteiger partial charge in [-0.3, -0.25) is 14.4 Å². The van der Waals surface area contributed by atoms with Crippen LogP contribution in [0.3, 0.4) is 0 Å². The first kappa shape index (κ1) is 17.7. The van der Waals surface area contributed by atoms with Gasteiger partial charge in [0.15, 0.2) is 0 Å². The van der Waals surface area contributed by atoms with Crippen LogP contribution in [0.5, 0.6) is 0 Å². The molecule has 0 radical (unpaired) electrons. The highest BCUT2D eigenvalue weighted by molar-refractivity contribution is 5.93. The van der Waals surface area contributed by atoms with E-state index in [0.29, 0.717) is 18.7 Å². The van der Waals surface area contributed by atoms with Crippen LogP contribution in [0.15, 0.2) is 22.8 Å². The predicted octanol–water partition coefficient (Wildman–Crippen LogP) is 1.92. The lowest BCUT2D eigenvalue weighted by atomic mass is 10.2. The highest BCUT2D eigenvalue weighted by Gasteiger charge is 2.16. The fourth-order valence-corrected chi connectivity index (χ4v) is 3.08. The molecule has 1 aliphatic heterocycles. The number of carbonyl (C=O) groups is 1. The lowest BCUT2D eigenvalue weighted by Gasteiger charge is -2.25. The summed E-state index contributed by atoms with van der Waals surface area (Å²) in [5.41, 5.74) is 2.64. The zero-order valence-corrected chi connectivity index (χ0v) is 15.1. The summed E-state index contributed by atoms with van der Waals surface area (Å²) < 4.78 is 12.8. The van der Waals surface area contributed by atoms with Crippen molar-refractivity contribution in [3.63, 3.8) is 0 Å². The molecule has 0 aromatic carbocycles. The fraction of sp³-hybridized carbons (Fsp3) is 0.556. The maximum atomic E-state index is 12.3. The normalized spacial score (nSPS) is 16.8. The summed E-state index contributed by atoms with van der Waals surface area (Å²) in [7, 11) is 0. The molecule has 25 heavy (non-hydrogen) atoms. The second-order valence-electron chi connectivity index (χ2n) is 6.62. The molecule has 7 heteroatoms. The third kappa shape index (κ3) is 4.49. The number of hydrogen-bond acceptors (Lipinski definition) is 5. The van der Waals surface area contributed by atoms with Crippen molar-refractivity contribution in [2.24, 2.45) is 0 Å². The zero-order valence-electron chi connectivity index (χ0n) is 15.1.